The summed E-state index contributed by atoms with van der Waals surface area (Å²) in [7, 11) is 0. The van der Waals surface area contributed by atoms with Gasteiger partial charge in [0.05, 0.1) is 31.8 Å². The number of halogens is 3. The summed E-state index contributed by atoms with van der Waals surface area (Å²) in [5, 5.41) is 0. The second kappa shape index (κ2) is 9.16. The Morgan fingerprint density at radius 1 is 1.06 bits per heavy atom. The maximum absolute atomic E-state index is 13.8. The molecule has 0 aromatic rings. The van der Waals surface area contributed by atoms with Crippen molar-refractivity contribution in [1.82, 2.24) is 9.80 Å². The van der Waals surface area contributed by atoms with Crippen LogP contribution in [-0.4, -0.2) is 72.0 Å². The van der Waals surface area contributed by atoms with Gasteiger partial charge in [0.15, 0.2) is 0 Å². The van der Waals surface area contributed by atoms with Gasteiger partial charge in [-0.2, -0.15) is 8.78 Å². The lowest BCUT2D eigenvalue weighted by Gasteiger charge is -2.36. The summed E-state index contributed by atoms with van der Waals surface area (Å²) >= 11 is 0. The van der Waals surface area contributed by atoms with Crippen molar-refractivity contribution in [2.24, 2.45) is 0 Å². The third-order valence-electron chi connectivity index (χ3n) is 7.94. The fourth-order valence-electron chi connectivity index (χ4n) is 6.40. The first-order valence-corrected chi connectivity index (χ1v) is 11.9. The van der Waals surface area contributed by atoms with E-state index in [1.165, 1.54) is 0 Å². The molecule has 0 amide bonds. The van der Waals surface area contributed by atoms with Crippen LogP contribution in [0.1, 0.15) is 65.7 Å². The zero-order valence-electron chi connectivity index (χ0n) is 19.1. The van der Waals surface area contributed by atoms with Gasteiger partial charge in [-0.25, -0.2) is 4.39 Å². The van der Waals surface area contributed by atoms with E-state index in [9.17, 15) is 13.2 Å². The molecule has 4 rings (SSSR count). The Bertz CT molecular complexity index is 724. The van der Waals surface area contributed by atoms with Gasteiger partial charge in [-0.05, 0) is 84.4 Å². The molecule has 7 heteroatoms. The number of hydrogen-bond donors (Lipinski definition) is 0. The molecule has 4 unspecified atom stereocenters. The highest BCUT2D eigenvalue weighted by molar-refractivity contribution is 5.25. The Hall–Kier alpha value is -0.890. The van der Waals surface area contributed by atoms with E-state index in [4.69, 9.17) is 9.47 Å². The highest BCUT2D eigenvalue weighted by Gasteiger charge is 2.52. The molecule has 0 N–H and O–H groups in total. The van der Waals surface area contributed by atoms with E-state index in [0.717, 1.165) is 63.5 Å². The first-order chi connectivity index (χ1) is 14.8. The predicted molar refractivity (Wildman–Crippen MR) is 115 cm³/mol. The summed E-state index contributed by atoms with van der Waals surface area (Å²) < 4.78 is 52.5. The standard InChI is InChI=1S/C24H37F3N2O2/c1-17(2)30-16-24-7-5-9-29(24)21(19(11-24)13-25)10-18(3)31-15-23-6-4-8-28(23)14-20(12-23)22(26)27/h13,17-18,21H,4-12,14-16H2,1-3H3/b19-13+. The molecule has 4 fully saturated rings. The Morgan fingerprint density at radius 3 is 2.48 bits per heavy atom. The van der Waals surface area contributed by atoms with Crippen molar-refractivity contribution in [3.8, 4) is 0 Å². The van der Waals surface area contributed by atoms with Crippen LogP contribution in [0.3, 0.4) is 0 Å². The van der Waals surface area contributed by atoms with Gasteiger partial charge in [0, 0.05) is 29.2 Å². The number of rotatable bonds is 8. The second-order valence-corrected chi connectivity index (χ2v) is 10.4. The molecule has 0 bridgehead atoms. The topological polar surface area (TPSA) is 24.9 Å². The summed E-state index contributed by atoms with van der Waals surface area (Å²) in [5.74, 6) is 0. The maximum atomic E-state index is 13.8. The molecule has 31 heavy (non-hydrogen) atoms. The highest BCUT2D eigenvalue weighted by Crippen LogP contribution is 2.47. The molecule has 0 spiro atoms. The molecule has 0 aromatic heterocycles. The molecule has 0 aromatic carbocycles. The van der Waals surface area contributed by atoms with E-state index in [-0.39, 0.29) is 34.9 Å². The number of hydrogen-bond acceptors (Lipinski definition) is 4. The fourth-order valence-corrected chi connectivity index (χ4v) is 6.40. The van der Waals surface area contributed by atoms with Crippen LogP contribution < -0.4 is 0 Å². The van der Waals surface area contributed by atoms with E-state index < -0.39 is 6.08 Å². The zero-order valence-corrected chi connectivity index (χ0v) is 19.1. The second-order valence-electron chi connectivity index (χ2n) is 10.4. The van der Waals surface area contributed by atoms with Crippen molar-refractivity contribution in [1.29, 1.82) is 0 Å². The van der Waals surface area contributed by atoms with E-state index in [1.807, 2.05) is 20.8 Å². The van der Waals surface area contributed by atoms with Gasteiger partial charge < -0.3 is 9.47 Å². The number of nitrogens with zero attached hydrogens (tertiary/aromatic N) is 2. The molecule has 4 aliphatic rings. The van der Waals surface area contributed by atoms with Gasteiger partial charge in [-0.3, -0.25) is 9.80 Å². The number of fused-ring (bicyclic) bond motifs is 2. The summed E-state index contributed by atoms with van der Waals surface area (Å²) in [6.45, 7) is 9.39. The Morgan fingerprint density at radius 2 is 1.77 bits per heavy atom. The van der Waals surface area contributed by atoms with Gasteiger partial charge in [0.1, 0.15) is 0 Å². The summed E-state index contributed by atoms with van der Waals surface area (Å²) in [4.78, 5) is 4.61. The largest absolute Gasteiger partial charge is 0.377 e. The van der Waals surface area contributed by atoms with Crippen molar-refractivity contribution in [3.63, 3.8) is 0 Å². The van der Waals surface area contributed by atoms with Crippen LogP contribution in [0.15, 0.2) is 23.6 Å². The van der Waals surface area contributed by atoms with Crippen molar-refractivity contribution in [3.05, 3.63) is 23.6 Å². The van der Waals surface area contributed by atoms with Crippen LogP contribution >= 0.6 is 0 Å². The normalized spacial score (nSPS) is 36.0. The molecular weight excluding hydrogens is 405 g/mol. The minimum absolute atomic E-state index is 0.0257. The van der Waals surface area contributed by atoms with E-state index in [0.29, 0.717) is 26.2 Å². The number of ether oxygens (including phenoxy) is 2. The fraction of sp³-hybridized carbons (Fsp3) is 0.833. The lowest BCUT2D eigenvalue weighted by molar-refractivity contribution is -0.0291. The van der Waals surface area contributed by atoms with Crippen molar-refractivity contribution < 1.29 is 22.6 Å². The third kappa shape index (κ3) is 4.48. The molecule has 176 valence electrons. The molecule has 4 aliphatic heterocycles. The van der Waals surface area contributed by atoms with Gasteiger partial charge in [0.2, 0.25) is 0 Å². The molecule has 0 radical (unpaired) electrons. The van der Waals surface area contributed by atoms with Crippen LogP contribution in [0.4, 0.5) is 13.2 Å². The van der Waals surface area contributed by atoms with E-state index in [1.54, 1.807) is 0 Å². The first kappa shape index (κ1) is 23.3. The average molecular weight is 443 g/mol. The Kier molecular flexibility index (Phi) is 6.88. The van der Waals surface area contributed by atoms with Crippen LogP contribution in [-0.2, 0) is 9.47 Å². The summed E-state index contributed by atoms with van der Waals surface area (Å²) in [5.41, 5.74) is 0.719. The van der Waals surface area contributed by atoms with Crippen molar-refractivity contribution in [2.75, 3.05) is 32.8 Å². The smallest absolute Gasteiger partial charge is 0.270 e. The molecule has 4 heterocycles. The lowest BCUT2D eigenvalue weighted by atomic mass is 9.92. The Balaban J connectivity index is 1.39. The molecule has 4 saturated heterocycles. The maximum Gasteiger partial charge on any atom is 0.270 e. The van der Waals surface area contributed by atoms with Crippen molar-refractivity contribution in [2.45, 2.75) is 95.0 Å². The molecular formula is C24H37F3N2O2. The molecule has 4 atom stereocenters. The van der Waals surface area contributed by atoms with Crippen LogP contribution in [0.5, 0.6) is 0 Å². The zero-order chi connectivity index (χ0) is 22.2. The van der Waals surface area contributed by atoms with Gasteiger partial charge >= 0.3 is 0 Å². The minimum atomic E-state index is -1.53. The average Bonchev–Trinajstić information content (AvgIpc) is 3.44. The summed E-state index contributed by atoms with van der Waals surface area (Å²) in [6, 6.07) is 0.0257. The first-order valence-electron chi connectivity index (χ1n) is 11.9. The van der Waals surface area contributed by atoms with Crippen molar-refractivity contribution >= 4 is 0 Å². The third-order valence-corrected chi connectivity index (χ3v) is 7.94. The quantitative estimate of drug-likeness (QED) is 0.525. The van der Waals surface area contributed by atoms with Crippen LogP contribution in [0.2, 0.25) is 0 Å². The molecule has 4 nitrogen and oxygen atoms in total. The summed E-state index contributed by atoms with van der Waals surface area (Å²) in [6.07, 6.45) is 5.26. The van der Waals surface area contributed by atoms with Crippen LogP contribution in [0.25, 0.3) is 0 Å². The Labute approximate surface area is 184 Å². The SMILES string of the molecule is CC(C)OCC12CCCN1C(CC(C)OCC13CCCN1CC(=C(F)F)C3)/C(=C/F)C2. The predicted octanol–water partition coefficient (Wildman–Crippen LogP) is 5.06. The van der Waals surface area contributed by atoms with E-state index in [2.05, 4.69) is 9.80 Å². The molecule has 0 saturated carbocycles. The van der Waals surface area contributed by atoms with Gasteiger partial charge in [0.25, 0.3) is 6.08 Å². The van der Waals surface area contributed by atoms with Crippen LogP contribution in [0, 0.1) is 0 Å². The lowest BCUT2D eigenvalue weighted by Crippen LogP contribution is -2.47. The van der Waals surface area contributed by atoms with Gasteiger partial charge in [-0.1, -0.05) is 0 Å². The minimum Gasteiger partial charge on any atom is -0.377 e. The highest BCUT2D eigenvalue weighted by atomic mass is 19.3. The monoisotopic (exact) mass is 442 g/mol. The van der Waals surface area contributed by atoms with Gasteiger partial charge in [-0.15, -0.1) is 0 Å². The molecule has 0 aliphatic carbocycles. The van der Waals surface area contributed by atoms with E-state index >= 15 is 0 Å².